The van der Waals surface area contributed by atoms with E-state index in [9.17, 15) is 0 Å². The molecule has 1 aromatic rings. The molecule has 0 atom stereocenters. The lowest BCUT2D eigenvalue weighted by Gasteiger charge is -2.39. The van der Waals surface area contributed by atoms with Gasteiger partial charge in [-0.15, -0.1) is 24.0 Å². The number of aromatic nitrogens is 1. The number of nitrogens with one attached hydrogen (secondary N) is 2. The first-order valence-electron chi connectivity index (χ1n) is 10.1. The molecular formula is C20H34IN5O. The number of aliphatic imine (C=N–C) groups is 1. The van der Waals surface area contributed by atoms with Crippen LogP contribution in [0.4, 0.5) is 0 Å². The van der Waals surface area contributed by atoms with Crippen LogP contribution in [-0.4, -0.2) is 61.2 Å². The molecule has 1 aromatic heterocycles. The maximum absolute atomic E-state index is 5.66. The summed E-state index contributed by atoms with van der Waals surface area (Å²) >= 11 is 0. The van der Waals surface area contributed by atoms with E-state index in [1.54, 1.807) is 12.4 Å². The second-order valence-corrected chi connectivity index (χ2v) is 7.28. The minimum absolute atomic E-state index is 0. The van der Waals surface area contributed by atoms with Gasteiger partial charge < -0.3 is 20.3 Å². The van der Waals surface area contributed by atoms with Crippen molar-refractivity contribution in [3.8, 4) is 5.75 Å². The van der Waals surface area contributed by atoms with Gasteiger partial charge >= 0.3 is 0 Å². The van der Waals surface area contributed by atoms with Gasteiger partial charge in [0.15, 0.2) is 5.96 Å². The summed E-state index contributed by atoms with van der Waals surface area (Å²) in [4.78, 5) is 11.1. The molecular weight excluding hydrogens is 453 g/mol. The molecule has 2 N–H and O–H groups in total. The Labute approximate surface area is 180 Å². The molecule has 7 heteroatoms. The van der Waals surface area contributed by atoms with Crippen LogP contribution < -0.4 is 15.4 Å². The Morgan fingerprint density at radius 2 is 2.00 bits per heavy atom. The van der Waals surface area contributed by atoms with Gasteiger partial charge in [-0.2, -0.15) is 0 Å². The molecule has 1 aliphatic heterocycles. The molecule has 0 bridgehead atoms. The Kier molecular flexibility index (Phi) is 10.2. The van der Waals surface area contributed by atoms with Crippen molar-refractivity contribution in [1.29, 1.82) is 0 Å². The first-order valence-corrected chi connectivity index (χ1v) is 10.1. The lowest BCUT2D eigenvalue weighted by atomic mass is 9.92. The maximum Gasteiger partial charge on any atom is 0.191 e. The summed E-state index contributed by atoms with van der Waals surface area (Å²) in [5, 5.41) is 6.91. The summed E-state index contributed by atoms with van der Waals surface area (Å²) in [6.45, 7) is 3.73. The van der Waals surface area contributed by atoms with Crippen molar-refractivity contribution in [3.63, 3.8) is 0 Å². The minimum atomic E-state index is 0. The van der Waals surface area contributed by atoms with Crippen LogP contribution in [0, 0.1) is 0 Å². The van der Waals surface area contributed by atoms with E-state index in [4.69, 9.17) is 4.74 Å². The van der Waals surface area contributed by atoms with Crippen LogP contribution in [0.25, 0.3) is 0 Å². The number of hydrogen-bond donors (Lipinski definition) is 2. The van der Waals surface area contributed by atoms with E-state index < -0.39 is 0 Å². The topological polar surface area (TPSA) is 61.8 Å². The van der Waals surface area contributed by atoms with Crippen LogP contribution in [0.2, 0.25) is 0 Å². The number of guanidine groups is 1. The van der Waals surface area contributed by atoms with Crippen LogP contribution in [-0.2, 0) is 0 Å². The molecule has 2 heterocycles. The summed E-state index contributed by atoms with van der Waals surface area (Å²) < 4.78 is 5.66. The standard InChI is InChI=1S/C20H33N5O.HI/c1-21-20(23-12-15-26-19-8-5-11-22-16-19)24-17-9-13-25(14-10-17)18-6-3-2-4-7-18;/h5,8,11,16-18H,2-4,6-7,9-10,12-15H2,1H3,(H2,21,23,24);1H. The summed E-state index contributed by atoms with van der Waals surface area (Å²) in [6, 6.07) is 5.15. The highest BCUT2D eigenvalue weighted by Gasteiger charge is 2.26. The van der Waals surface area contributed by atoms with Crippen LogP contribution in [0.5, 0.6) is 5.75 Å². The van der Waals surface area contributed by atoms with Crippen molar-refractivity contribution in [1.82, 2.24) is 20.5 Å². The molecule has 1 saturated carbocycles. The quantitative estimate of drug-likeness (QED) is 0.280. The van der Waals surface area contributed by atoms with Gasteiger partial charge in [-0.1, -0.05) is 19.3 Å². The molecule has 0 amide bonds. The second kappa shape index (κ2) is 12.4. The van der Waals surface area contributed by atoms with Crippen molar-refractivity contribution in [2.75, 3.05) is 33.3 Å². The lowest BCUT2D eigenvalue weighted by Crippen LogP contribution is -2.51. The fourth-order valence-corrected chi connectivity index (χ4v) is 4.01. The van der Waals surface area contributed by atoms with E-state index >= 15 is 0 Å². The molecule has 152 valence electrons. The number of rotatable bonds is 6. The highest BCUT2D eigenvalue weighted by Crippen LogP contribution is 2.25. The first kappa shape index (κ1) is 22.2. The summed E-state index contributed by atoms with van der Waals surface area (Å²) in [7, 11) is 1.83. The molecule has 3 rings (SSSR count). The van der Waals surface area contributed by atoms with Crippen molar-refractivity contribution >= 4 is 29.9 Å². The fourth-order valence-electron chi connectivity index (χ4n) is 4.01. The van der Waals surface area contributed by atoms with E-state index in [-0.39, 0.29) is 24.0 Å². The van der Waals surface area contributed by atoms with Gasteiger partial charge in [-0.25, -0.2) is 0 Å². The van der Waals surface area contributed by atoms with Crippen LogP contribution in [0.1, 0.15) is 44.9 Å². The third kappa shape index (κ3) is 7.44. The molecule has 1 aliphatic carbocycles. The van der Waals surface area contributed by atoms with Crippen LogP contribution in [0.15, 0.2) is 29.5 Å². The van der Waals surface area contributed by atoms with E-state index in [1.165, 1.54) is 58.0 Å². The average Bonchev–Trinajstić information content (AvgIpc) is 2.72. The van der Waals surface area contributed by atoms with Crippen molar-refractivity contribution in [3.05, 3.63) is 24.5 Å². The van der Waals surface area contributed by atoms with E-state index in [2.05, 4.69) is 25.5 Å². The van der Waals surface area contributed by atoms with E-state index in [1.807, 2.05) is 19.2 Å². The number of ether oxygens (including phenoxy) is 1. The van der Waals surface area contributed by atoms with E-state index in [0.29, 0.717) is 12.6 Å². The summed E-state index contributed by atoms with van der Waals surface area (Å²) in [6.07, 6.45) is 12.9. The number of hydrogen-bond acceptors (Lipinski definition) is 4. The number of halogens is 1. The third-order valence-electron chi connectivity index (χ3n) is 5.48. The first-order chi connectivity index (χ1) is 12.8. The van der Waals surface area contributed by atoms with Gasteiger partial charge in [0.05, 0.1) is 12.7 Å². The smallest absolute Gasteiger partial charge is 0.191 e. The number of nitrogens with zero attached hydrogens (tertiary/aromatic N) is 3. The monoisotopic (exact) mass is 487 g/mol. The Hall–Kier alpha value is -1.09. The summed E-state index contributed by atoms with van der Waals surface area (Å²) in [5.41, 5.74) is 0. The molecule has 27 heavy (non-hydrogen) atoms. The number of likely N-dealkylation sites (tertiary alicyclic amines) is 1. The minimum Gasteiger partial charge on any atom is -0.490 e. The largest absolute Gasteiger partial charge is 0.490 e. The van der Waals surface area contributed by atoms with Gasteiger partial charge in [-0.05, 0) is 37.8 Å². The van der Waals surface area contributed by atoms with Crippen molar-refractivity contribution in [2.45, 2.75) is 57.0 Å². The second-order valence-electron chi connectivity index (χ2n) is 7.28. The predicted octanol–water partition coefficient (Wildman–Crippen LogP) is 3.04. The van der Waals surface area contributed by atoms with Gasteiger partial charge in [0.2, 0.25) is 0 Å². The number of pyridine rings is 1. The molecule has 0 spiro atoms. The molecule has 0 aromatic carbocycles. The van der Waals surface area contributed by atoms with Crippen molar-refractivity contribution in [2.24, 2.45) is 4.99 Å². The van der Waals surface area contributed by atoms with Crippen LogP contribution in [0.3, 0.4) is 0 Å². The van der Waals surface area contributed by atoms with Gasteiger partial charge in [0.25, 0.3) is 0 Å². The molecule has 1 saturated heterocycles. The fraction of sp³-hybridized carbons (Fsp3) is 0.700. The van der Waals surface area contributed by atoms with Gasteiger partial charge in [0, 0.05) is 38.4 Å². The highest BCUT2D eigenvalue weighted by atomic mass is 127. The normalized spacial score (nSPS) is 20.0. The SMILES string of the molecule is CN=C(NCCOc1cccnc1)NC1CCN(C2CCCCC2)CC1.I. The zero-order valence-corrected chi connectivity index (χ0v) is 18.7. The Bertz CT molecular complexity index is 543. The molecule has 6 nitrogen and oxygen atoms in total. The van der Waals surface area contributed by atoms with Gasteiger partial charge in [0.1, 0.15) is 12.4 Å². The van der Waals surface area contributed by atoms with Gasteiger partial charge in [-0.3, -0.25) is 9.98 Å². The zero-order chi connectivity index (χ0) is 18.0. The molecule has 0 radical (unpaired) electrons. The molecule has 0 unspecified atom stereocenters. The molecule has 2 fully saturated rings. The predicted molar refractivity (Wildman–Crippen MR) is 121 cm³/mol. The van der Waals surface area contributed by atoms with Crippen LogP contribution >= 0.6 is 24.0 Å². The highest BCUT2D eigenvalue weighted by molar-refractivity contribution is 14.0. The Balaban J connectivity index is 0.00000261. The van der Waals surface area contributed by atoms with E-state index in [0.717, 1.165) is 24.3 Å². The molecule has 2 aliphatic rings. The number of piperidine rings is 1. The average molecular weight is 487 g/mol. The summed E-state index contributed by atoms with van der Waals surface area (Å²) in [5.74, 6) is 1.67. The third-order valence-corrected chi connectivity index (χ3v) is 5.48. The van der Waals surface area contributed by atoms with Crippen molar-refractivity contribution < 1.29 is 4.74 Å². The Morgan fingerprint density at radius 1 is 1.22 bits per heavy atom. The lowest BCUT2D eigenvalue weighted by molar-refractivity contribution is 0.119. The maximum atomic E-state index is 5.66. The zero-order valence-electron chi connectivity index (χ0n) is 16.4. The Morgan fingerprint density at radius 3 is 2.67 bits per heavy atom.